The lowest BCUT2D eigenvalue weighted by Crippen LogP contribution is -2.31. The topological polar surface area (TPSA) is 51.4 Å². The molecule has 0 aliphatic carbocycles. The summed E-state index contributed by atoms with van der Waals surface area (Å²) in [5, 5.41) is 3.48. The van der Waals surface area contributed by atoms with E-state index >= 15 is 0 Å². The van der Waals surface area contributed by atoms with Gasteiger partial charge in [0.15, 0.2) is 30.8 Å². The number of nitrogens with one attached hydrogen (secondary N) is 1. The third-order valence-corrected chi connectivity index (χ3v) is 8.05. The summed E-state index contributed by atoms with van der Waals surface area (Å²) in [5.74, 6) is 0.759. The van der Waals surface area contributed by atoms with Crippen LogP contribution in [0, 0.1) is 6.92 Å². The number of ether oxygens (including phenoxy) is 2. The highest BCUT2D eigenvalue weighted by Gasteiger charge is 2.14. The number of nitrogens with zero attached hydrogens (tertiary/aromatic N) is 1. The maximum absolute atomic E-state index is 12.8. The summed E-state index contributed by atoms with van der Waals surface area (Å²) in [6.45, 7) is 5.49. The molecule has 3 aromatic rings. The molecule has 0 unspecified atom stereocenters. The molecule has 3 rings (SSSR count). The van der Waals surface area contributed by atoms with Gasteiger partial charge in [0.1, 0.15) is 0 Å². The smallest absolute Gasteiger partial charge is 0.262 e. The van der Waals surface area contributed by atoms with Crippen molar-refractivity contribution in [3.63, 3.8) is 0 Å². The molecule has 1 aromatic heterocycles. The van der Waals surface area contributed by atoms with Crippen molar-refractivity contribution in [3.8, 4) is 11.5 Å². The number of carbonyl (C=O) groups excluding carboxylic acids is 1. The average Bonchev–Trinajstić information content (AvgIpc) is 3.36. The normalized spacial score (nSPS) is 11.0. The van der Waals surface area contributed by atoms with Crippen molar-refractivity contribution in [2.24, 2.45) is 0 Å². The molecule has 5 nitrogen and oxygen atoms in total. The molecule has 7 heteroatoms. The van der Waals surface area contributed by atoms with Gasteiger partial charge in [-0.25, -0.2) is 0 Å². The second-order valence-electron chi connectivity index (χ2n) is 10.4. The highest BCUT2D eigenvalue weighted by Crippen LogP contribution is 2.35. The summed E-state index contributed by atoms with van der Waals surface area (Å²) in [4.78, 5) is 14.0. The fourth-order valence-electron chi connectivity index (χ4n) is 4.69. The van der Waals surface area contributed by atoms with Crippen LogP contribution in [0.2, 0.25) is 5.02 Å². The summed E-state index contributed by atoms with van der Waals surface area (Å²) < 4.78 is 14.0. The number of para-hydroxylation sites is 2. The molecule has 0 radical (unpaired) electrons. The lowest BCUT2D eigenvalue weighted by Gasteiger charge is -2.14. The number of benzene rings is 2. The number of aromatic nitrogens is 1. The Kier molecular flexibility index (Phi) is 15.0. The van der Waals surface area contributed by atoms with Gasteiger partial charge in [-0.15, -0.1) is 0 Å². The lowest BCUT2D eigenvalue weighted by atomic mass is 10.1. The molecule has 0 aliphatic rings. The molecule has 40 heavy (non-hydrogen) atoms. The average molecular weight is 586 g/mol. The van der Waals surface area contributed by atoms with E-state index in [1.165, 1.54) is 69.1 Å². The Morgan fingerprint density at radius 2 is 1.55 bits per heavy atom. The van der Waals surface area contributed by atoms with Crippen LogP contribution in [0.5, 0.6) is 11.5 Å². The minimum atomic E-state index is -0.231. The number of anilines is 1. The van der Waals surface area contributed by atoms with E-state index in [1.54, 1.807) is 23.5 Å². The maximum atomic E-state index is 12.8. The molecule has 0 spiro atoms. The third-order valence-electron chi connectivity index (χ3n) is 6.90. The van der Waals surface area contributed by atoms with Gasteiger partial charge in [-0.2, -0.15) is 4.57 Å². The molecular weight excluding hydrogens is 540 g/mol. The second kappa shape index (κ2) is 18.7. The molecule has 218 valence electrons. The van der Waals surface area contributed by atoms with Crippen LogP contribution in [-0.4, -0.2) is 19.1 Å². The van der Waals surface area contributed by atoms with E-state index in [-0.39, 0.29) is 12.5 Å². The number of thiazole rings is 1. The monoisotopic (exact) mass is 585 g/mol. The van der Waals surface area contributed by atoms with E-state index in [2.05, 4.69) is 35.4 Å². The van der Waals surface area contributed by atoms with Gasteiger partial charge in [-0.3, -0.25) is 4.79 Å². The molecule has 1 amide bonds. The lowest BCUT2D eigenvalue weighted by molar-refractivity contribution is -0.683. The van der Waals surface area contributed by atoms with Crippen LogP contribution in [0.3, 0.4) is 0 Å². The van der Waals surface area contributed by atoms with Crippen molar-refractivity contribution < 1.29 is 18.8 Å². The molecule has 0 saturated carbocycles. The summed E-state index contributed by atoms with van der Waals surface area (Å²) in [6, 6.07) is 13.2. The molecule has 0 aliphatic heterocycles. The fourth-order valence-corrected chi connectivity index (χ4v) is 5.55. The van der Waals surface area contributed by atoms with Crippen molar-refractivity contribution in [2.45, 2.75) is 97.4 Å². The van der Waals surface area contributed by atoms with Crippen LogP contribution < -0.4 is 19.4 Å². The first-order valence-electron chi connectivity index (χ1n) is 14.9. The Bertz CT molecular complexity index is 1150. The molecule has 1 N–H and O–H groups in total. The van der Waals surface area contributed by atoms with Crippen LogP contribution in [0.25, 0.3) is 0 Å². The Balaban J connectivity index is 1.36. The van der Waals surface area contributed by atoms with Gasteiger partial charge < -0.3 is 14.8 Å². The number of hydrogen-bond donors (Lipinski definition) is 1. The number of carbonyl (C=O) groups is 1. The van der Waals surface area contributed by atoms with Gasteiger partial charge in [-0.1, -0.05) is 125 Å². The molecular formula is C33H46ClN2O3S+. The van der Waals surface area contributed by atoms with Crippen LogP contribution in [0.15, 0.2) is 54.2 Å². The van der Waals surface area contributed by atoms with E-state index in [9.17, 15) is 4.79 Å². The largest absolute Gasteiger partial charge is 0.488 e. The van der Waals surface area contributed by atoms with Crippen LogP contribution in [-0.2, 0) is 11.3 Å². The molecule has 0 atom stereocenters. The van der Waals surface area contributed by atoms with Gasteiger partial charge in [-0.05, 0) is 31.5 Å². The Morgan fingerprint density at radius 1 is 0.875 bits per heavy atom. The Hall–Kier alpha value is -2.57. The molecule has 0 bridgehead atoms. The van der Waals surface area contributed by atoms with Crippen LogP contribution >= 0.6 is 22.9 Å². The second-order valence-corrected chi connectivity index (χ2v) is 11.9. The van der Waals surface area contributed by atoms with Crippen LogP contribution in [0.4, 0.5) is 5.69 Å². The zero-order chi connectivity index (χ0) is 28.4. The molecule has 2 aromatic carbocycles. The van der Waals surface area contributed by atoms with E-state index in [0.29, 0.717) is 29.7 Å². The molecule has 1 heterocycles. The minimum absolute atomic E-state index is 0.131. The first-order chi connectivity index (χ1) is 19.6. The van der Waals surface area contributed by atoms with Gasteiger partial charge >= 0.3 is 0 Å². The van der Waals surface area contributed by atoms with Crippen molar-refractivity contribution in [1.29, 1.82) is 0 Å². The number of halogens is 1. The van der Waals surface area contributed by atoms with Crippen molar-refractivity contribution in [2.75, 3.05) is 18.5 Å². The number of aryl methyl sites for hydroxylation is 1. The van der Waals surface area contributed by atoms with Crippen molar-refractivity contribution in [1.82, 2.24) is 0 Å². The van der Waals surface area contributed by atoms with Gasteiger partial charge in [0.25, 0.3) is 5.91 Å². The first-order valence-corrected chi connectivity index (χ1v) is 16.2. The summed E-state index contributed by atoms with van der Waals surface area (Å²) in [6.07, 6.45) is 17.7. The predicted octanol–water partition coefficient (Wildman–Crippen LogP) is 9.14. The van der Waals surface area contributed by atoms with E-state index in [4.69, 9.17) is 21.1 Å². The van der Waals surface area contributed by atoms with Crippen molar-refractivity contribution in [3.05, 3.63) is 69.6 Å². The zero-order valence-electron chi connectivity index (χ0n) is 24.3. The van der Waals surface area contributed by atoms with Gasteiger partial charge in [0, 0.05) is 5.56 Å². The van der Waals surface area contributed by atoms with Gasteiger partial charge in [0.2, 0.25) is 5.51 Å². The van der Waals surface area contributed by atoms with E-state index < -0.39 is 0 Å². The minimum Gasteiger partial charge on any atom is -0.488 e. The number of rotatable bonds is 20. The van der Waals surface area contributed by atoms with E-state index in [1.807, 2.05) is 30.3 Å². The fraction of sp³-hybridized carbons (Fsp3) is 0.515. The van der Waals surface area contributed by atoms with E-state index in [0.717, 1.165) is 24.1 Å². The Morgan fingerprint density at radius 3 is 2.23 bits per heavy atom. The summed E-state index contributed by atoms with van der Waals surface area (Å²) in [7, 11) is 0. The zero-order valence-corrected chi connectivity index (χ0v) is 25.8. The molecule has 0 fully saturated rings. The summed E-state index contributed by atoms with van der Waals surface area (Å²) >= 11 is 8.12. The van der Waals surface area contributed by atoms with Crippen LogP contribution in [0.1, 0.15) is 94.4 Å². The Labute approximate surface area is 249 Å². The number of hydrogen-bond acceptors (Lipinski definition) is 4. The first kappa shape index (κ1) is 32.0. The quantitative estimate of drug-likeness (QED) is 0.106. The SMILES string of the molecule is CCCCCCCCCCCCCCOc1c(Cl)cccc1OCC(=O)Nc1ccccc1C[n+]1csc(C)c1. The standard InChI is InChI=1S/C33H45ClN2O3S/c1-3-4-5-6-7-8-9-10-11-12-13-16-22-38-33-29(34)19-17-21-31(33)39-25-32(37)35-30-20-15-14-18-28(30)24-36-23-27(2)40-26-36/h14-15,17-21,23,26H,3-13,16,22,24-25H2,1-2H3/p+1. The van der Waals surface area contributed by atoms with Gasteiger partial charge in [0.05, 0.1) is 22.2 Å². The number of unbranched alkanes of at least 4 members (excludes halogenated alkanes) is 11. The highest BCUT2D eigenvalue weighted by molar-refractivity contribution is 7.09. The highest BCUT2D eigenvalue weighted by atomic mass is 35.5. The third kappa shape index (κ3) is 11.9. The summed E-state index contributed by atoms with van der Waals surface area (Å²) in [5.41, 5.74) is 3.89. The number of amides is 1. The predicted molar refractivity (Wildman–Crippen MR) is 167 cm³/mol. The van der Waals surface area contributed by atoms with Crippen molar-refractivity contribution >= 4 is 34.5 Å². The molecule has 0 saturated heterocycles. The maximum Gasteiger partial charge on any atom is 0.262 e.